The van der Waals surface area contributed by atoms with E-state index >= 15 is 0 Å². The third-order valence-electron chi connectivity index (χ3n) is 10.9. The van der Waals surface area contributed by atoms with Crippen LogP contribution in [0.3, 0.4) is 0 Å². The van der Waals surface area contributed by atoms with Crippen LogP contribution in [0.25, 0.3) is 33.1 Å². The van der Waals surface area contributed by atoms with Crippen LogP contribution in [0.5, 0.6) is 0 Å². The summed E-state index contributed by atoms with van der Waals surface area (Å²) >= 11 is 0. The molecule has 0 spiro atoms. The second kappa shape index (κ2) is 14.2. The van der Waals surface area contributed by atoms with Crippen LogP contribution in [0.15, 0.2) is 227 Å². The lowest BCUT2D eigenvalue weighted by Crippen LogP contribution is -2.36. The minimum Gasteiger partial charge on any atom is -0.456 e. The third-order valence-corrected chi connectivity index (χ3v) is 10.9. The molecule has 0 saturated heterocycles. The molecule has 2 heterocycles. The van der Waals surface area contributed by atoms with E-state index in [1.165, 1.54) is 22.3 Å². The summed E-state index contributed by atoms with van der Waals surface area (Å²) in [5, 5.41) is 5.62. The van der Waals surface area contributed by atoms with Crippen LogP contribution in [0.2, 0.25) is 0 Å². The van der Waals surface area contributed by atoms with Gasteiger partial charge in [0.05, 0.1) is 5.41 Å². The van der Waals surface area contributed by atoms with E-state index in [9.17, 15) is 0 Å². The number of para-hydroxylation sites is 1. The summed E-state index contributed by atoms with van der Waals surface area (Å²) in [4.78, 5) is 10.6. The Labute approximate surface area is 326 Å². The number of hydrogen-bond acceptors (Lipinski definition) is 4. The number of benzene rings is 8. The number of amidine groups is 2. The number of aliphatic imine (C=N–C) groups is 2. The Bertz CT molecular complexity index is 2710. The summed E-state index contributed by atoms with van der Waals surface area (Å²) in [6.07, 6.45) is -0.537. The summed E-state index contributed by atoms with van der Waals surface area (Å²) in [7, 11) is 0. The topological polar surface area (TPSA) is 49.9 Å². The fourth-order valence-corrected chi connectivity index (χ4v) is 8.33. The number of nitrogens with zero attached hydrogens (tertiary/aromatic N) is 2. The first-order valence-electron chi connectivity index (χ1n) is 19.0. The molecule has 0 unspecified atom stereocenters. The second-order valence-electron chi connectivity index (χ2n) is 14.2. The zero-order valence-corrected chi connectivity index (χ0v) is 30.6. The summed E-state index contributed by atoms with van der Waals surface area (Å²) in [6.45, 7) is 0. The number of rotatable bonds is 8. The first-order valence-corrected chi connectivity index (χ1v) is 19.0. The van der Waals surface area contributed by atoms with E-state index in [2.05, 4.69) is 169 Å². The largest absolute Gasteiger partial charge is 0.456 e. The summed E-state index contributed by atoms with van der Waals surface area (Å²) in [5.41, 5.74) is 10.9. The fraction of sp³-hybridized carbons (Fsp3) is 0.0385. The Morgan fingerprint density at radius 1 is 0.393 bits per heavy atom. The number of furan rings is 1. The molecule has 0 saturated carbocycles. The number of hydrogen-bond donors (Lipinski definition) is 1. The normalized spacial score (nSPS) is 13.3. The molecule has 0 amide bonds. The molecule has 1 aliphatic rings. The second-order valence-corrected chi connectivity index (χ2v) is 14.2. The molecule has 1 aromatic heterocycles. The van der Waals surface area contributed by atoms with E-state index in [0.717, 1.165) is 61.4 Å². The van der Waals surface area contributed by atoms with Crippen molar-refractivity contribution in [2.45, 2.75) is 11.6 Å². The van der Waals surface area contributed by atoms with Gasteiger partial charge in [0.15, 0.2) is 6.17 Å². The maximum absolute atomic E-state index is 6.66. The Morgan fingerprint density at radius 2 is 0.857 bits per heavy atom. The van der Waals surface area contributed by atoms with E-state index in [0.29, 0.717) is 0 Å². The Kier molecular flexibility index (Phi) is 8.42. The van der Waals surface area contributed by atoms with Crippen molar-refractivity contribution < 1.29 is 4.42 Å². The summed E-state index contributed by atoms with van der Waals surface area (Å²) < 4.78 is 6.66. The Morgan fingerprint density at radius 3 is 1.41 bits per heavy atom. The molecule has 1 N–H and O–H groups in total. The molecule has 56 heavy (non-hydrogen) atoms. The maximum atomic E-state index is 6.66. The van der Waals surface area contributed by atoms with Crippen molar-refractivity contribution in [3.05, 3.63) is 251 Å². The molecule has 0 atom stereocenters. The molecule has 4 nitrogen and oxygen atoms in total. The lowest BCUT2D eigenvalue weighted by atomic mass is 9.65. The summed E-state index contributed by atoms with van der Waals surface area (Å²) in [5.74, 6) is 1.55. The molecule has 266 valence electrons. The highest BCUT2D eigenvalue weighted by atomic mass is 16.3. The molecule has 0 bridgehead atoms. The van der Waals surface area contributed by atoms with Crippen molar-refractivity contribution in [2.24, 2.45) is 9.98 Å². The standard InChI is InChI=1S/C52H37N3O/c1-6-19-36(20-7-1)49-53-50(37-21-8-2-9-22-37)55-51(54-49)45-34-39(35-47-48(45)44-31-16-17-32-46(44)56-47)38-23-18-30-43(33-38)52(40-24-10-3-11-25-40,41-26-12-4-13-27-41)42-28-14-5-15-29-42/h1-35,51H,(H,53,54,55). The van der Waals surface area contributed by atoms with Crippen LogP contribution in [0.4, 0.5) is 0 Å². The van der Waals surface area contributed by atoms with E-state index in [1.54, 1.807) is 0 Å². The van der Waals surface area contributed by atoms with Gasteiger partial charge in [-0.05, 0) is 57.6 Å². The van der Waals surface area contributed by atoms with Crippen LogP contribution < -0.4 is 5.32 Å². The van der Waals surface area contributed by atoms with Crippen molar-refractivity contribution >= 4 is 33.6 Å². The van der Waals surface area contributed by atoms with Crippen LogP contribution in [-0.4, -0.2) is 11.7 Å². The van der Waals surface area contributed by atoms with Gasteiger partial charge in [0.2, 0.25) is 0 Å². The van der Waals surface area contributed by atoms with Gasteiger partial charge in [-0.3, -0.25) is 0 Å². The van der Waals surface area contributed by atoms with Gasteiger partial charge in [-0.25, -0.2) is 9.98 Å². The average molecular weight is 720 g/mol. The van der Waals surface area contributed by atoms with E-state index in [1.807, 2.05) is 48.5 Å². The highest BCUT2D eigenvalue weighted by molar-refractivity contribution is 6.16. The minimum absolute atomic E-state index is 0.537. The Hall–Kier alpha value is -7.30. The smallest absolute Gasteiger partial charge is 0.170 e. The van der Waals surface area contributed by atoms with Gasteiger partial charge < -0.3 is 9.73 Å². The van der Waals surface area contributed by atoms with Gasteiger partial charge in [0, 0.05) is 27.5 Å². The predicted molar refractivity (Wildman–Crippen MR) is 229 cm³/mol. The van der Waals surface area contributed by atoms with Crippen molar-refractivity contribution in [2.75, 3.05) is 0 Å². The van der Waals surface area contributed by atoms with Crippen LogP contribution in [0.1, 0.15) is 45.1 Å². The first-order chi connectivity index (χ1) is 27.8. The monoisotopic (exact) mass is 719 g/mol. The van der Waals surface area contributed by atoms with Crippen molar-refractivity contribution in [1.82, 2.24) is 5.32 Å². The molecule has 1 aliphatic heterocycles. The average Bonchev–Trinajstić information content (AvgIpc) is 3.67. The van der Waals surface area contributed by atoms with Gasteiger partial charge >= 0.3 is 0 Å². The zero-order chi connectivity index (χ0) is 37.3. The third kappa shape index (κ3) is 5.80. The van der Waals surface area contributed by atoms with E-state index < -0.39 is 11.6 Å². The molecular formula is C52H37N3O. The van der Waals surface area contributed by atoms with E-state index in [-0.39, 0.29) is 0 Å². The van der Waals surface area contributed by atoms with Crippen molar-refractivity contribution in [3.63, 3.8) is 0 Å². The zero-order valence-electron chi connectivity index (χ0n) is 30.6. The quantitative estimate of drug-likeness (QED) is 0.159. The molecule has 4 heteroatoms. The predicted octanol–water partition coefficient (Wildman–Crippen LogP) is 12.1. The Balaban J connectivity index is 1.22. The molecule has 10 rings (SSSR count). The highest BCUT2D eigenvalue weighted by Crippen LogP contribution is 2.47. The molecule has 9 aromatic rings. The first kappa shape index (κ1) is 33.3. The van der Waals surface area contributed by atoms with Gasteiger partial charge in [-0.15, -0.1) is 0 Å². The number of nitrogens with one attached hydrogen (secondary N) is 1. The highest BCUT2D eigenvalue weighted by Gasteiger charge is 2.38. The minimum atomic E-state index is -0.578. The lowest BCUT2D eigenvalue weighted by molar-refractivity contribution is 0.668. The molecule has 0 fully saturated rings. The molecule has 8 aromatic carbocycles. The molecular weight excluding hydrogens is 683 g/mol. The summed E-state index contributed by atoms with van der Waals surface area (Å²) in [6, 6.07) is 74.7. The fourth-order valence-electron chi connectivity index (χ4n) is 8.33. The van der Waals surface area contributed by atoms with Gasteiger partial charge in [-0.1, -0.05) is 188 Å². The SMILES string of the molecule is c1ccc(C2=NC(c3cc(-c4cccc(C(c5ccccc5)(c5ccccc5)c5ccccc5)c4)cc4oc5ccccc5c34)N=C(c3ccccc3)N2)cc1. The van der Waals surface area contributed by atoms with Crippen molar-refractivity contribution in [1.29, 1.82) is 0 Å². The molecule has 0 radical (unpaired) electrons. The molecule has 0 aliphatic carbocycles. The van der Waals surface area contributed by atoms with Gasteiger partial charge in [0.25, 0.3) is 0 Å². The van der Waals surface area contributed by atoms with Crippen LogP contribution in [-0.2, 0) is 5.41 Å². The van der Waals surface area contributed by atoms with Gasteiger partial charge in [0.1, 0.15) is 22.8 Å². The number of fused-ring (bicyclic) bond motifs is 3. The maximum Gasteiger partial charge on any atom is 0.170 e. The van der Waals surface area contributed by atoms with E-state index in [4.69, 9.17) is 14.4 Å². The van der Waals surface area contributed by atoms with Gasteiger partial charge in [-0.2, -0.15) is 0 Å². The lowest BCUT2D eigenvalue weighted by Gasteiger charge is -2.37. The van der Waals surface area contributed by atoms with Crippen LogP contribution >= 0.6 is 0 Å². The van der Waals surface area contributed by atoms with Crippen LogP contribution in [0, 0.1) is 0 Å². The van der Waals surface area contributed by atoms with Crippen molar-refractivity contribution in [3.8, 4) is 11.1 Å².